The molecule has 0 aromatic heterocycles. The van der Waals surface area contributed by atoms with Gasteiger partial charge in [0, 0.05) is 32.7 Å². The Labute approximate surface area is 81.9 Å². The first-order valence-electron chi connectivity index (χ1n) is 2.42. The Morgan fingerprint density at radius 2 is 2.00 bits per heavy atom. The topological polar surface area (TPSA) is 20.3 Å². The van der Waals surface area contributed by atoms with E-state index in [4.69, 9.17) is 0 Å². The fourth-order valence-electron chi connectivity index (χ4n) is 0.310. The molecule has 0 spiro atoms. The van der Waals surface area contributed by atoms with Crippen LogP contribution < -0.4 is 0 Å². The van der Waals surface area contributed by atoms with E-state index in [1.54, 1.807) is 7.05 Å². The maximum Gasteiger partial charge on any atom is 0.113 e. The van der Waals surface area contributed by atoms with Crippen molar-refractivity contribution < 1.29 is 37.5 Å². The van der Waals surface area contributed by atoms with Crippen molar-refractivity contribution in [1.82, 2.24) is 4.90 Å². The maximum atomic E-state index is 10.4. The second-order valence-corrected chi connectivity index (χ2v) is 1.88. The molecule has 0 rings (SSSR count). The summed E-state index contributed by atoms with van der Waals surface area (Å²) in [5.74, 6) is 0.0440. The molecule has 0 aromatic carbocycles. The van der Waals surface area contributed by atoms with Crippen LogP contribution in [0, 0.1) is 14.0 Å². The summed E-state index contributed by atoms with van der Waals surface area (Å²) >= 11 is 0. The van der Waals surface area contributed by atoms with Crippen LogP contribution in [0.15, 0.2) is 0 Å². The fourth-order valence-corrected chi connectivity index (χ4v) is 0.310. The molecule has 2 nitrogen and oxygen atoms in total. The van der Waals surface area contributed by atoms with Gasteiger partial charge in [-0.15, -0.1) is 0 Å². The van der Waals surface area contributed by atoms with E-state index in [9.17, 15) is 4.79 Å². The SMILES string of the molecule is [CH2-]C(C(C)=O)N([CH2-])C.[Y]. The van der Waals surface area contributed by atoms with Gasteiger partial charge >= 0.3 is 0 Å². The van der Waals surface area contributed by atoms with Crippen LogP contribution in [0.3, 0.4) is 0 Å². The molecule has 1 radical (unpaired) electrons. The Bertz CT molecular complexity index is 93.1. The van der Waals surface area contributed by atoms with Gasteiger partial charge in [-0.25, -0.2) is 0 Å². The number of ketones is 1. The number of likely N-dealkylation sites (N-methyl/N-ethyl adjacent to an activating group) is 1. The predicted molar refractivity (Wildman–Crippen MR) is 32.9 cm³/mol. The zero-order valence-corrected chi connectivity index (χ0v) is 8.76. The minimum atomic E-state index is -0.296. The van der Waals surface area contributed by atoms with Gasteiger partial charge in [0.05, 0.1) is 0 Å². The van der Waals surface area contributed by atoms with E-state index in [0.29, 0.717) is 0 Å². The smallest absolute Gasteiger partial charge is 0.113 e. The molecule has 0 heterocycles. The molecule has 51 valence electrons. The van der Waals surface area contributed by atoms with Crippen molar-refractivity contribution >= 4 is 5.78 Å². The molecule has 0 fully saturated rings. The molecule has 1 atom stereocenters. The summed E-state index contributed by atoms with van der Waals surface area (Å²) in [6.45, 7) is 5.05. The van der Waals surface area contributed by atoms with Gasteiger partial charge in [0.25, 0.3) is 0 Å². The average Bonchev–Trinajstić information content (AvgIpc) is 1.64. The van der Waals surface area contributed by atoms with Crippen LogP contribution in [0.4, 0.5) is 0 Å². The number of rotatable bonds is 2. The van der Waals surface area contributed by atoms with Crippen molar-refractivity contribution in [1.29, 1.82) is 0 Å². The first-order chi connectivity index (χ1) is 3.55. The van der Waals surface area contributed by atoms with Gasteiger partial charge in [0.1, 0.15) is 5.78 Å². The van der Waals surface area contributed by atoms with E-state index in [2.05, 4.69) is 14.0 Å². The van der Waals surface area contributed by atoms with Crippen molar-refractivity contribution in [2.24, 2.45) is 0 Å². The summed E-state index contributed by atoms with van der Waals surface area (Å²) in [5.41, 5.74) is 0. The minimum absolute atomic E-state index is 0. The molecule has 0 saturated heterocycles. The average molecular weight is 202 g/mol. The van der Waals surface area contributed by atoms with E-state index in [0.717, 1.165) is 0 Å². The molecule has 0 aliphatic carbocycles. The van der Waals surface area contributed by atoms with Gasteiger partial charge in [-0.3, -0.25) is 7.05 Å². The zero-order chi connectivity index (χ0) is 6.73. The molecule has 0 aliphatic rings. The van der Waals surface area contributed by atoms with Gasteiger partial charge in [-0.1, -0.05) is 6.04 Å². The first kappa shape index (κ1) is 12.4. The summed E-state index contributed by atoms with van der Waals surface area (Å²) in [7, 11) is 5.23. The second-order valence-electron chi connectivity index (χ2n) is 1.88. The van der Waals surface area contributed by atoms with Crippen molar-refractivity contribution in [3.8, 4) is 0 Å². The molecule has 1 unspecified atom stereocenters. The number of hydrogen-bond acceptors (Lipinski definition) is 2. The Morgan fingerprint density at radius 3 is 2.00 bits per heavy atom. The van der Waals surface area contributed by atoms with Gasteiger partial charge in [-0.05, 0) is 14.0 Å². The monoisotopic (exact) mass is 202 g/mol. The Kier molecular flexibility index (Phi) is 7.60. The van der Waals surface area contributed by atoms with Gasteiger partial charge in [0.2, 0.25) is 0 Å². The van der Waals surface area contributed by atoms with Gasteiger partial charge < -0.3 is 16.6 Å². The van der Waals surface area contributed by atoms with Crippen molar-refractivity contribution in [3.05, 3.63) is 14.0 Å². The third-order valence-corrected chi connectivity index (χ3v) is 1.00. The van der Waals surface area contributed by atoms with Crippen molar-refractivity contribution in [3.63, 3.8) is 0 Å². The summed E-state index contributed by atoms with van der Waals surface area (Å²) in [4.78, 5) is 12.0. The number of hydrogen-bond donors (Lipinski definition) is 0. The van der Waals surface area contributed by atoms with Crippen LogP contribution in [0.5, 0.6) is 0 Å². The summed E-state index contributed by atoms with van der Waals surface area (Å²) in [6.07, 6.45) is 0. The van der Waals surface area contributed by atoms with Crippen molar-refractivity contribution in [2.45, 2.75) is 13.0 Å². The van der Waals surface area contributed by atoms with Crippen LogP contribution in [-0.4, -0.2) is 23.8 Å². The minimum Gasteiger partial charge on any atom is -0.479 e. The molecule has 0 amide bonds. The molecule has 0 N–H and O–H groups in total. The largest absolute Gasteiger partial charge is 0.479 e. The molecule has 0 aromatic rings. The maximum absolute atomic E-state index is 10.4. The summed E-state index contributed by atoms with van der Waals surface area (Å²) in [6, 6.07) is -0.296. The van der Waals surface area contributed by atoms with Crippen LogP contribution in [0.1, 0.15) is 6.92 Å². The second kappa shape index (κ2) is 5.51. The zero-order valence-electron chi connectivity index (χ0n) is 5.92. The van der Waals surface area contributed by atoms with E-state index < -0.39 is 0 Å². The van der Waals surface area contributed by atoms with Gasteiger partial charge in [-0.2, -0.15) is 0 Å². The van der Waals surface area contributed by atoms with Crippen LogP contribution in [0.25, 0.3) is 0 Å². The standard InChI is InChI=1S/C6H11NO.Y/c1-5(6(2)8)7(3)4;/h5H,1,3H2,2,4H3;/q-2;. The third kappa shape index (κ3) is 5.19. The third-order valence-electron chi connectivity index (χ3n) is 1.00. The molecular formula is C6H11NOY-2. The number of nitrogens with zero attached hydrogens (tertiary/aromatic N) is 1. The summed E-state index contributed by atoms with van der Waals surface area (Å²) < 4.78 is 0. The number of carbonyl (C=O) groups is 1. The van der Waals surface area contributed by atoms with Crippen LogP contribution in [0.2, 0.25) is 0 Å². The Balaban J connectivity index is 0. The Morgan fingerprint density at radius 1 is 1.67 bits per heavy atom. The Hall–Kier alpha value is 0.734. The van der Waals surface area contributed by atoms with E-state index in [1.807, 2.05) is 0 Å². The van der Waals surface area contributed by atoms with Crippen LogP contribution >= 0.6 is 0 Å². The van der Waals surface area contributed by atoms with Crippen molar-refractivity contribution in [2.75, 3.05) is 7.05 Å². The van der Waals surface area contributed by atoms with E-state index in [-0.39, 0.29) is 44.5 Å². The first-order valence-corrected chi connectivity index (χ1v) is 2.42. The van der Waals surface area contributed by atoms with E-state index in [1.165, 1.54) is 11.8 Å². The predicted octanol–water partition coefficient (Wildman–Crippen LogP) is 0.499. The molecular weight excluding hydrogens is 191 g/mol. The molecule has 0 bridgehead atoms. The van der Waals surface area contributed by atoms with Gasteiger partial charge in [0.15, 0.2) is 0 Å². The molecule has 0 aliphatic heterocycles. The normalized spacial score (nSPS) is 12.6. The van der Waals surface area contributed by atoms with E-state index >= 15 is 0 Å². The molecule has 9 heavy (non-hydrogen) atoms. The molecule has 3 heteroatoms. The summed E-state index contributed by atoms with van der Waals surface area (Å²) in [5, 5.41) is 0. The van der Waals surface area contributed by atoms with Crippen LogP contribution in [-0.2, 0) is 37.5 Å². The molecule has 0 saturated carbocycles. The number of carbonyl (C=O) groups excluding carboxylic acids is 1. The quantitative estimate of drug-likeness (QED) is 0.607. The fraction of sp³-hybridized carbons (Fsp3) is 0.500. The number of Topliss-reactive ketones (excluding diaryl/α,β-unsaturated/α-hetero) is 1.